The summed E-state index contributed by atoms with van der Waals surface area (Å²) in [6.45, 7) is 3.40. The molecule has 4 heteroatoms. The van der Waals surface area contributed by atoms with E-state index in [4.69, 9.17) is 0 Å². The minimum absolute atomic E-state index is 0.203. The molecule has 0 aliphatic rings. The van der Waals surface area contributed by atoms with Crippen LogP contribution in [-0.4, -0.2) is 26.0 Å². The van der Waals surface area contributed by atoms with E-state index in [9.17, 15) is 9.59 Å². The summed E-state index contributed by atoms with van der Waals surface area (Å²) in [6.07, 6.45) is 1.23. The SMILES string of the molecule is C=CC(=O)N(C)c1ccc(C(=O)OC)cc1. The molecule has 0 radical (unpaired) electrons. The lowest BCUT2D eigenvalue weighted by Gasteiger charge is -2.15. The molecule has 16 heavy (non-hydrogen) atoms. The van der Waals surface area contributed by atoms with Gasteiger partial charge < -0.3 is 9.64 Å². The molecule has 0 bridgehead atoms. The van der Waals surface area contributed by atoms with Gasteiger partial charge in [-0.2, -0.15) is 0 Å². The Hall–Kier alpha value is -2.10. The molecule has 0 fully saturated rings. The van der Waals surface area contributed by atoms with Crippen LogP contribution in [0.2, 0.25) is 0 Å². The van der Waals surface area contributed by atoms with Gasteiger partial charge in [0.05, 0.1) is 12.7 Å². The largest absolute Gasteiger partial charge is 0.465 e. The van der Waals surface area contributed by atoms with Gasteiger partial charge in [-0.1, -0.05) is 6.58 Å². The average molecular weight is 219 g/mol. The molecular weight excluding hydrogens is 206 g/mol. The van der Waals surface area contributed by atoms with Crippen LogP contribution < -0.4 is 4.90 Å². The summed E-state index contributed by atoms with van der Waals surface area (Å²) in [6, 6.07) is 6.56. The van der Waals surface area contributed by atoms with Crippen LogP contribution in [0.4, 0.5) is 5.69 Å². The second-order valence-electron chi connectivity index (χ2n) is 3.14. The quantitative estimate of drug-likeness (QED) is 0.573. The van der Waals surface area contributed by atoms with E-state index < -0.39 is 5.97 Å². The standard InChI is InChI=1S/C12H13NO3/c1-4-11(14)13(2)10-7-5-9(6-8-10)12(15)16-3/h4-8H,1H2,2-3H3. The van der Waals surface area contributed by atoms with Crippen molar-refractivity contribution in [3.63, 3.8) is 0 Å². The van der Waals surface area contributed by atoms with Crippen LogP contribution in [0.1, 0.15) is 10.4 Å². The van der Waals surface area contributed by atoms with Gasteiger partial charge in [0.1, 0.15) is 0 Å². The molecule has 1 amide bonds. The maximum absolute atomic E-state index is 11.3. The summed E-state index contributed by atoms with van der Waals surface area (Å²) in [5.41, 5.74) is 1.14. The van der Waals surface area contributed by atoms with Crippen molar-refractivity contribution < 1.29 is 14.3 Å². The minimum atomic E-state index is -0.399. The highest BCUT2D eigenvalue weighted by atomic mass is 16.5. The normalized spacial score (nSPS) is 9.38. The number of anilines is 1. The van der Waals surface area contributed by atoms with Crippen LogP contribution in [0.15, 0.2) is 36.9 Å². The third-order valence-electron chi connectivity index (χ3n) is 2.18. The Morgan fingerprint density at radius 2 is 1.88 bits per heavy atom. The molecule has 0 aliphatic carbocycles. The Morgan fingerprint density at radius 3 is 2.31 bits per heavy atom. The van der Waals surface area contributed by atoms with Crippen molar-refractivity contribution in [3.05, 3.63) is 42.5 Å². The number of hydrogen-bond acceptors (Lipinski definition) is 3. The van der Waals surface area contributed by atoms with Crippen molar-refractivity contribution in [2.45, 2.75) is 0 Å². The fraction of sp³-hybridized carbons (Fsp3) is 0.167. The summed E-state index contributed by atoms with van der Waals surface area (Å²) in [5, 5.41) is 0. The number of nitrogens with zero attached hydrogens (tertiary/aromatic N) is 1. The van der Waals surface area contributed by atoms with Gasteiger partial charge in [-0.3, -0.25) is 4.79 Å². The predicted molar refractivity (Wildman–Crippen MR) is 61.4 cm³/mol. The first-order chi connectivity index (χ1) is 7.60. The Bertz CT molecular complexity index is 409. The molecule has 1 aromatic carbocycles. The average Bonchev–Trinajstić information content (AvgIpc) is 2.36. The highest BCUT2D eigenvalue weighted by Crippen LogP contribution is 2.14. The molecule has 1 rings (SSSR count). The van der Waals surface area contributed by atoms with Crippen LogP contribution in [0.3, 0.4) is 0 Å². The number of carbonyl (C=O) groups excluding carboxylic acids is 2. The lowest BCUT2D eigenvalue weighted by atomic mass is 10.2. The van der Waals surface area contributed by atoms with E-state index in [-0.39, 0.29) is 5.91 Å². The predicted octanol–water partition coefficient (Wildman–Crippen LogP) is 1.62. The molecule has 1 aromatic rings. The van der Waals surface area contributed by atoms with Gasteiger partial charge in [-0.05, 0) is 30.3 Å². The van der Waals surface area contributed by atoms with Gasteiger partial charge in [0.15, 0.2) is 0 Å². The number of hydrogen-bond donors (Lipinski definition) is 0. The Morgan fingerprint density at radius 1 is 1.31 bits per heavy atom. The van der Waals surface area contributed by atoms with E-state index in [0.29, 0.717) is 11.3 Å². The van der Waals surface area contributed by atoms with Crippen molar-refractivity contribution in [1.29, 1.82) is 0 Å². The van der Waals surface area contributed by atoms with E-state index in [0.717, 1.165) is 0 Å². The van der Waals surface area contributed by atoms with Crippen molar-refractivity contribution in [2.75, 3.05) is 19.1 Å². The summed E-state index contributed by atoms with van der Waals surface area (Å²) < 4.78 is 4.57. The van der Waals surface area contributed by atoms with Gasteiger partial charge in [-0.15, -0.1) is 0 Å². The van der Waals surface area contributed by atoms with Crippen molar-refractivity contribution in [2.24, 2.45) is 0 Å². The third-order valence-corrected chi connectivity index (χ3v) is 2.18. The maximum Gasteiger partial charge on any atom is 0.337 e. The molecule has 0 aromatic heterocycles. The van der Waals surface area contributed by atoms with Crippen LogP contribution in [0, 0.1) is 0 Å². The highest BCUT2D eigenvalue weighted by Gasteiger charge is 2.09. The fourth-order valence-electron chi connectivity index (χ4n) is 1.20. The Kier molecular flexibility index (Phi) is 3.83. The topological polar surface area (TPSA) is 46.6 Å². The first-order valence-electron chi connectivity index (χ1n) is 4.68. The van der Waals surface area contributed by atoms with Crippen LogP contribution >= 0.6 is 0 Å². The minimum Gasteiger partial charge on any atom is -0.465 e. The van der Waals surface area contributed by atoms with Gasteiger partial charge in [0.2, 0.25) is 5.91 Å². The number of carbonyl (C=O) groups is 2. The zero-order chi connectivity index (χ0) is 12.1. The lowest BCUT2D eigenvalue weighted by molar-refractivity contribution is -0.113. The van der Waals surface area contributed by atoms with Gasteiger partial charge in [-0.25, -0.2) is 4.79 Å². The zero-order valence-electron chi connectivity index (χ0n) is 9.27. The summed E-state index contributed by atoms with van der Waals surface area (Å²) in [4.78, 5) is 23.9. The molecule has 4 nitrogen and oxygen atoms in total. The number of esters is 1. The number of ether oxygens (including phenoxy) is 1. The molecule has 84 valence electrons. The van der Waals surface area contributed by atoms with Gasteiger partial charge in [0, 0.05) is 12.7 Å². The second-order valence-corrected chi connectivity index (χ2v) is 3.14. The van der Waals surface area contributed by atoms with E-state index in [1.807, 2.05) is 0 Å². The van der Waals surface area contributed by atoms with Crippen LogP contribution in [-0.2, 0) is 9.53 Å². The number of benzene rings is 1. The molecule has 0 saturated carbocycles. The fourth-order valence-corrected chi connectivity index (χ4v) is 1.20. The third kappa shape index (κ3) is 2.48. The highest BCUT2D eigenvalue weighted by molar-refractivity contribution is 6.01. The molecule has 0 aliphatic heterocycles. The van der Waals surface area contributed by atoms with Crippen LogP contribution in [0.5, 0.6) is 0 Å². The van der Waals surface area contributed by atoms with E-state index in [1.165, 1.54) is 18.1 Å². The molecule has 0 atom stereocenters. The number of rotatable bonds is 3. The van der Waals surface area contributed by atoms with Crippen molar-refractivity contribution >= 4 is 17.6 Å². The number of methoxy groups -OCH3 is 1. The Labute approximate surface area is 94.1 Å². The molecule has 0 N–H and O–H groups in total. The van der Waals surface area contributed by atoms with Gasteiger partial charge in [0.25, 0.3) is 0 Å². The zero-order valence-corrected chi connectivity index (χ0v) is 9.27. The number of amides is 1. The van der Waals surface area contributed by atoms with Crippen molar-refractivity contribution in [1.82, 2.24) is 0 Å². The molecule has 0 spiro atoms. The first-order valence-corrected chi connectivity index (χ1v) is 4.68. The first kappa shape index (κ1) is 12.0. The summed E-state index contributed by atoms with van der Waals surface area (Å²) in [7, 11) is 2.96. The summed E-state index contributed by atoms with van der Waals surface area (Å²) in [5.74, 6) is -0.602. The summed E-state index contributed by atoms with van der Waals surface area (Å²) >= 11 is 0. The smallest absolute Gasteiger partial charge is 0.337 e. The Balaban J connectivity index is 2.90. The van der Waals surface area contributed by atoms with E-state index in [2.05, 4.69) is 11.3 Å². The van der Waals surface area contributed by atoms with E-state index in [1.54, 1.807) is 31.3 Å². The molecular formula is C12H13NO3. The second kappa shape index (κ2) is 5.11. The molecule has 0 unspecified atom stereocenters. The van der Waals surface area contributed by atoms with E-state index >= 15 is 0 Å². The van der Waals surface area contributed by atoms with Crippen molar-refractivity contribution in [3.8, 4) is 0 Å². The van der Waals surface area contributed by atoms with Gasteiger partial charge >= 0.3 is 5.97 Å². The maximum atomic E-state index is 11.3. The monoisotopic (exact) mass is 219 g/mol. The lowest BCUT2D eigenvalue weighted by Crippen LogP contribution is -2.23. The number of likely N-dealkylation sites (N-methyl/N-ethyl adjacent to an activating group) is 1. The van der Waals surface area contributed by atoms with Crippen LogP contribution in [0.25, 0.3) is 0 Å². The molecule has 0 heterocycles. The molecule has 0 saturated heterocycles.